The van der Waals surface area contributed by atoms with Gasteiger partial charge in [-0.3, -0.25) is 9.59 Å². The van der Waals surface area contributed by atoms with Crippen molar-refractivity contribution in [3.8, 4) is 0 Å². The van der Waals surface area contributed by atoms with Gasteiger partial charge in [0.2, 0.25) is 21.8 Å². The molecule has 0 heterocycles. The molecule has 3 aromatic carbocycles. The highest BCUT2D eigenvalue weighted by Crippen LogP contribution is 2.22. The van der Waals surface area contributed by atoms with E-state index in [9.17, 15) is 18.0 Å². The van der Waals surface area contributed by atoms with Crippen LogP contribution in [0.4, 0.5) is 0 Å². The summed E-state index contributed by atoms with van der Waals surface area (Å²) in [7, 11) is -2.53. The molecule has 0 spiro atoms. The third kappa shape index (κ3) is 6.50. The van der Waals surface area contributed by atoms with E-state index in [1.807, 2.05) is 69.3 Å². The first-order valence-corrected chi connectivity index (χ1v) is 13.7. The molecule has 1 N–H and O–H groups in total. The van der Waals surface area contributed by atoms with Crippen LogP contribution in [0.5, 0.6) is 0 Å². The summed E-state index contributed by atoms with van der Waals surface area (Å²) >= 11 is 0. The Morgan fingerprint density at radius 1 is 0.944 bits per heavy atom. The van der Waals surface area contributed by atoms with E-state index in [1.165, 1.54) is 11.9 Å². The molecule has 0 aliphatic rings. The zero-order chi connectivity index (χ0) is 26.3. The maximum Gasteiger partial charge on any atom is 0.243 e. The van der Waals surface area contributed by atoms with E-state index in [4.69, 9.17) is 0 Å². The maximum absolute atomic E-state index is 13.6. The van der Waals surface area contributed by atoms with Crippen LogP contribution >= 0.6 is 0 Å². The number of hydrogen-bond donors (Lipinski definition) is 1. The van der Waals surface area contributed by atoms with Crippen LogP contribution in [0, 0.1) is 6.92 Å². The molecule has 0 aliphatic carbocycles. The molecule has 8 heteroatoms. The van der Waals surface area contributed by atoms with Gasteiger partial charge in [0.15, 0.2) is 0 Å². The van der Waals surface area contributed by atoms with Gasteiger partial charge in [0.05, 0.1) is 11.4 Å². The van der Waals surface area contributed by atoms with E-state index < -0.39 is 22.0 Å². The molecule has 3 rings (SSSR count). The predicted molar refractivity (Wildman–Crippen MR) is 143 cm³/mol. The van der Waals surface area contributed by atoms with E-state index in [2.05, 4.69) is 5.32 Å². The molecule has 0 fully saturated rings. The maximum atomic E-state index is 13.6. The third-order valence-electron chi connectivity index (χ3n) is 6.16. The fourth-order valence-corrected chi connectivity index (χ4v) is 5.32. The Labute approximate surface area is 214 Å². The lowest BCUT2D eigenvalue weighted by molar-refractivity contribution is -0.141. The van der Waals surface area contributed by atoms with E-state index >= 15 is 0 Å². The normalized spacial score (nSPS) is 12.5. The Morgan fingerprint density at radius 2 is 1.67 bits per heavy atom. The lowest BCUT2D eigenvalue weighted by Gasteiger charge is -2.32. The summed E-state index contributed by atoms with van der Waals surface area (Å²) in [6, 6.07) is 19.5. The van der Waals surface area contributed by atoms with Crippen molar-refractivity contribution in [2.75, 3.05) is 20.1 Å². The average molecular weight is 510 g/mol. The highest BCUT2D eigenvalue weighted by Gasteiger charge is 2.31. The zero-order valence-corrected chi connectivity index (χ0v) is 22.2. The van der Waals surface area contributed by atoms with Gasteiger partial charge in [-0.25, -0.2) is 8.42 Å². The number of sulfonamides is 1. The summed E-state index contributed by atoms with van der Waals surface area (Å²) in [5.74, 6) is -0.665. The number of benzene rings is 3. The lowest BCUT2D eigenvalue weighted by atomic mass is 10.1. The Bertz CT molecular complexity index is 1320. The first kappa shape index (κ1) is 27.4. The molecule has 0 aromatic heterocycles. The second kappa shape index (κ2) is 12.1. The van der Waals surface area contributed by atoms with Gasteiger partial charge in [-0.1, -0.05) is 74.0 Å². The molecular formula is C28H35N3O4S. The molecule has 1 atom stereocenters. The number of aryl methyl sites for hydroxylation is 1. The molecule has 0 aliphatic heterocycles. The molecule has 2 amide bonds. The van der Waals surface area contributed by atoms with Crippen molar-refractivity contribution in [3.63, 3.8) is 0 Å². The van der Waals surface area contributed by atoms with Gasteiger partial charge in [0.25, 0.3) is 0 Å². The van der Waals surface area contributed by atoms with Crippen LogP contribution in [0.2, 0.25) is 0 Å². The fraction of sp³-hybridized carbons (Fsp3) is 0.357. The molecule has 0 saturated carbocycles. The van der Waals surface area contributed by atoms with Gasteiger partial charge in [0, 0.05) is 20.1 Å². The minimum absolute atomic E-state index is 0.120. The van der Waals surface area contributed by atoms with Gasteiger partial charge in [-0.05, 0) is 48.2 Å². The number of hydrogen-bond acceptors (Lipinski definition) is 4. The van der Waals surface area contributed by atoms with Gasteiger partial charge in [0.1, 0.15) is 6.04 Å². The number of rotatable bonds is 11. The molecular weight excluding hydrogens is 474 g/mol. The van der Waals surface area contributed by atoms with Crippen LogP contribution < -0.4 is 5.32 Å². The quantitative estimate of drug-likeness (QED) is 0.422. The topological polar surface area (TPSA) is 86.8 Å². The summed E-state index contributed by atoms with van der Waals surface area (Å²) in [6.45, 7) is 6.12. The van der Waals surface area contributed by atoms with Crippen molar-refractivity contribution >= 4 is 32.6 Å². The Kier molecular flexibility index (Phi) is 9.23. The number of nitrogens with one attached hydrogen (secondary N) is 1. The van der Waals surface area contributed by atoms with Crippen molar-refractivity contribution in [1.82, 2.24) is 14.5 Å². The zero-order valence-electron chi connectivity index (χ0n) is 21.4. The molecule has 1 unspecified atom stereocenters. The lowest BCUT2D eigenvalue weighted by Crippen LogP contribution is -2.51. The number of nitrogens with zero attached hydrogens (tertiary/aromatic N) is 2. The summed E-state index contributed by atoms with van der Waals surface area (Å²) < 4.78 is 27.7. The van der Waals surface area contributed by atoms with Crippen molar-refractivity contribution in [2.24, 2.45) is 0 Å². The van der Waals surface area contributed by atoms with E-state index in [0.29, 0.717) is 13.0 Å². The number of carbonyl (C=O) groups excluding carboxylic acids is 2. The largest absolute Gasteiger partial charge is 0.354 e. The number of carbonyl (C=O) groups is 2. The SMILES string of the molecule is CCCNC(=O)C(CC)N(Cc1cccc(C)c1)C(=O)CN(C)S(=O)(=O)c1ccc2ccccc2c1. The van der Waals surface area contributed by atoms with Crippen molar-refractivity contribution in [2.45, 2.75) is 51.1 Å². The van der Waals surface area contributed by atoms with Gasteiger partial charge < -0.3 is 10.2 Å². The van der Waals surface area contributed by atoms with Crippen LogP contribution in [-0.2, 0) is 26.2 Å². The molecule has 7 nitrogen and oxygen atoms in total. The monoisotopic (exact) mass is 509 g/mol. The molecule has 3 aromatic rings. The average Bonchev–Trinajstić information content (AvgIpc) is 2.86. The van der Waals surface area contributed by atoms with Crippen molar-refractivity contribution in [3.05, 3.63) is 77.9 Å². The van der Waals surface area contributed by atoms with Gasteiger partial charge >= 0.3 is 0 Å². The summed E-state index contributed by atoms with van der Waals surface area (Å²) in [5, 5.41) is 4.62. The first-order chi connectivity index (χ1) is 17.2. The Hall–Kier alpha value is -3.23. The summed E-state index contributed by atoms with van der Waals surface area (Å²) in [4.78, 5) is 28.1. The summed E-state index contributed by atoms with van der Waals surface area (Å²) in [6.07, 6.45) is 1.19. The van der Waals surface area contributed by atoms with Crippen LogP contribution in [0.15, 0.2) is 71.6 Å². The van der Waals surface area contributed by atoms with Crippen LogP contribution in [0.25, 0.3) is 10.8 Å². The number of likely N-dealkylation sites (N-methyl/N-ethyl adjacent to an activating group) is 1. The van der Waals surface area contributed by atoms with Crippen molar-refractivity contribution in [1.29, 1.82) is 0 Å². The van der Waals surface area contributed by atoms with E-state index in [1.54, 1.807) is 18.2 Å². The highest BCUT2D eigenvalue weighted by atomic mass is 32.2. The molecule has 0 saturated heterocycles. The highest BCUT2D eigenvalue weighted by molar-refractivity contribution is 7.89. The minimum atomic E-state index is -3.92. The minimum Gasteiger partial charge on any atom is -0.354 e. The molecule has 192 valence electrons. The first-order valence-electron chi connectivity index (χ1n) is 12.2. The van der Waals surface area contributed by atoms with Gasteiger partial charge in [-0.2, -0.15) is 4.31 Å². The second-order valence-electron chi connectivity index (χ2n) is 9.00. The molecule has 36 heavy (non-hydrogen) atoms. The predicted octanol–water partition coefficient (Wildman–Crippen LogP) is 4.10. The van der Waals surface area contributed by atoms with E-state index in [-0.39, 0.29) is 23.9 Å². The van der Waals surface area contributed by atoms with Crippen LogP contribution in [0.1, 0.15) is 37.8 Å². The Morgan fingerprint density at radius 3 is 2.33 bits per heavy atom. The van der Waals surface area contributed by atoms with E-state index in [0.717, 1.165) is 32.6 Å². The van der Waals surface area contributed by atoms with Gasteiger partial charge in [-0.15, -0.1) is 0 Å². The van der Waals surface area contributed by atoms with Crippen molar-refractivity contribution < 1.29 is 18.0 Å². The number of fused-ring (bicyclic) bond motifs is 1. The standard InChI is InChI=1S/C28H35N3O4S/c1-5-16-29-28(33)26(6-2)31(19-22-11-9-10-21(3)17-22)27(32)20-30(4)36(34,35)25-15-14-23-12-7-8-13-24(23)18-25/h7-15,17-18,26H,5-6,16,19-20H2,1-4H3,(H,29,33). The summed E-state index contributed by atoms with van der Waals surface area (Å²) in [5.41, 5.74) is 1.92. The molecule has 0 bridgehead atoms. The smallest absolute Gasteiger partial charge is 0.243 e. The van der Waals surface area contributed by atoms with Crippen LogP contribution in [-0.4, -0.2) is 55.6 Å². The number of amides is 2. The fourth-order valence-electron chi connectivity index (χ4n) is 4.17. The second-order valence-corrected chi connectivity index (χ2v) is 11.0. The Balaban J connectivity index is 1.87. The molecule has 0 radical (unpaired) electrons. The van der Waals surface area contributed by atoms with Crippen LogP contribution in [0.3, 0.4) is 0 Å². The third-order valence-corrected chi connectivity index (χ3v) is 7.96.